The highest BCUT2D eigenvalue weighted by Gasteiger charge is 2.41. The van der Waals surface area contributed by atoms with E-state index < -0.39 is 17.4 Å². The first-order valence-corrected chi connectivity index (χ1v) is 8.00. The average Bonchev–Trinajstić information content (AvgIpc) is 2.83. The van der Waals surface area contributed by atoms with E-state index in [0.29, 0.717) is 23.9 Å². The van der Waals surface area contributed by atoms with Crippen molar-refractivity contribution in [2.24, 2.45) is 11.3 Å². The third-order valence-corrected chi connectivity index (χ3v) is 4.99. The minimum Gasteiger partial charge on any atom is -0.481 e. The first kappa shape index (κ1) is 15.8. The number of carbonyl (C=O) groups is 2. The highest BCUT2D eigenvalue weighted by molar-refractivity contribution is 7.13. The molecule has 0 aromatic carbocycles. The number of nitrogens with one attached hydrogen (secondary N) is 2. The zero-order chi connectivity index (χ0) is 15.5. The van der Waals surface area contributed by atoms with Crippen LogP contribution in [0.15, 0.2) is 5.38 Å². The summed E-state index contributed by atoms with van der Waals surface area (Å²) in [7, 11) is 0. The van der Waals surface area contributed by atoms with Crippen molar-refractivity contribution in [1.82, 2.24) is 10.3 Å². The molecule has 1 heterocycles. The fraction of sp³-hybridized carbons (Fsp3) is 0.643. The van der Waals surface area contributed by atoms with Crippen molar-refractivity contribution in [2.45, 2.75) is 39.5 Å². The second-order valence-corrected chi connectivity index (χ2v) is 6.73. The van der Waals surface area contributed by atoms with Crippen LogP contribution in [0.3, 0.4) is 0 Å². The third kappa shape index (κ3) is 3.93. The highest BCUT2D eigenvalue weighted by Crippen LogP contribution is 2.38. The number of hydrogen-bond acceptors (Lipinski definition) is 4. The molecule has 2 amide bonds. The number of anilines is 1. The minimum atomic E-state index is -0.831. The van der Waals surface area contributed by atoms with Gasteiger partial charge in [0.05, 0.1) is 11.1 Å². The van der Waals surface area contributed by atoms with Crippen molar-refractivity contribution in [1.29, 1.82) is 0 Å². The summed E-state index contributed by atoms with van der Waals surface area (Å²) >= 11 is 1.35. The number of urea groups is 1. The fourth-order valence-electron chi connectivity index (χ4n) is 2.58. The first-order chi connectivity index (χ1) is 9.91. The monoisotopic (exact) mass is 311 g/mol. The van der Waals surface area contributed by atoms with Gasteiger partial charge in [0.15, 0.2) is 5.13 Å². The van der Waals surface area contributed by atoms with Gasteiger partial charge >= 0.3 is 12.0 Å². The van der Waals surface area contributed by atoms with Crippen LogP contribution < -0.4 is 10.6 Å². The molecule has 0 saturated heterocycles. The number of nitrogens with zero attached hydrogens (tertiary/aromatic N) is 1. The lowest BCUT2D eigenvalue weighted by Gasteiger charge is -2.35. The van der Waals surface area contributed by atoms with Crippen molar-refractivity contribution in [3.63, 3.8) is 0 Å². The Kier molecular flexibility index (Phi) is 4.82. The van der Waals surface area contributed by atoms with Crippen molar-refractivity contribution in [2.75, 3.05) is 11.9 Å². The largest absolute Gasteiger partial charge is 0.481 e. The van der Waals surface area contributed by atoms with Gasteiger partial charge in [0.25, 0.3) is 0 Å². The molecule has 1 aromatic heterocycles. The molecule has 0 atom stereocenters. The molecule has 2 rings (SSSR count). The average molecular weight is 311 g/mol. The number of carboxylic acids is 1. The lowest BCUT2D eigenvalue weighted by molar-refractivity contribution is -0.151. The van der Waals surface area contributed by atoms with Gasteiger partial charge in [0.1, 0.15) is 0 Å². The van der Waals surface area contributed by atoms with Crippen LogP contribution in [0.5, 0.6) is 0 Å². The van der Waals surface area contributed by atoms with Gasteiger partial charge in [0.2, 0.25) is 0 Å². The molecule has 6 nitrogen and oxygen atoms in total. The zero-order valence-electron chi connectivity index (χ0n) is 12.3. The van der Waals surface area contributed by atoms with Gasteiger partial charge in [-0.2, -0.15) is 0 Å². The number of thiazole rings is 1. The molecule has 1 aromatic rings. The van der Waals surface area contributed by atoms with Crippen LogP contribution in [0.25, 0.3) is 0 Å². The molecular weight excluding hydrogens is 290 g/mol. The quantitative estimate of drug-likeness (QED) is 0.797. The van der Waals surface area contributed by atoms with Crippen molar-refractivity contribution >= 4 is 28.5 Å². The maximum Gasteiger partial charge on any atom is 0.321 e. The van der Waals surface area contributed by atoms with Gasteiger partial charge in [-0.1, -0.05) is 6.92 Å². The van der Waals surface area contributed by atoms with E-state index in [9.17, 15) is 14.7 Å². The van der Waals surface area contributed by atoms with E-state index in [2.05, 4.69) is 22.5 Å². The molecular formula is C14H21N3O3S. The summed E-state index contributed by atoms with van der Waals surface area (Å²) in [5, 5.41) is 17.2. The minimum absolute atomic E-state index is 0.158. The third-order valence-electron chi connectivity index (χ3n) is 4.11. The molecule has 0 bridgehead atoms. The van der Waals surface area contributed by atoms with Crippen molar-refractivity contribution < 1.29 is 14.7 Å². The van der Waals surface area contributed by atoms with Gasteiger partial charge in [0, 0.05) is 11.9 Å². The molecule has 1 saturated carbocycles. The number of hydrogen-bond donors (Lipinski definition) is 3. The first-order valence-electron chi connectivity index (χ1n) is 7.12. The number of aromatic nitrogens is 1. The van der Waals surface area contributed by atoms with Crippen LogP contribution in [0.2, 0.25) is 0 Å². The van der Waals surface area contributed by atoms with E-state index in [4.69, 9.17) is 0 Å². The second kappa shape index (κ2) is 6.43. The summed E-state index contributed by atoms with van der Waals surface area (Å²) in [6, 6.07) is -0.399. The molecule has 1 fully saturated rings. The van der Waals surface area contributed by atoms with Gasteiger partial charge in [-0.25, -0.2) is 9.78 Å². The number of carbonyl (C=O) groups excluding carboxylic acids is 1. The van der Waals surface area contributed by atoms with E-state index >= 15 is 0 Å². The molecule has 7 heteroatoms. The summed E-state index contributed by atoms with van der Waals surface area (Å²) in [5.41, 5.74) is 0.0152. The van der Waals surface area contributed by atoms with Crippen molar-refractivity contribution in [3.05, 3.63) is 11.1 Å². The van der Waals surface area contributed by atoms with E-state index in [1.54, 1.807) is 0 Å². The lowest BCUT2D eigenvalue weighted by Crippen LogP contribution is -2.46. The lowest BCUT2D eigenvalue weighted by atomic mass is 9.71. The SMILES string of the molecule is Cc1csc(NC(=O)NCC2(C(=O)O)CCC(C)CC2)n1. The Morgan fingerprint density at radius 1 is 1.48 bits per heavy atom. The van der Waals surface area contributed by atoms with Gasteiger partial charge in [-0.15, -0.1) is 11.3 Å². The molecule has 21 heavy (non-hydrogen) atoms. The Bertz CT molecular complexity index is 521. The summed E-state index contributed by atoms with van der Waals surface area (Å²) < 4.78 is 0. The van der Waals surface area contributed by atoms with Gasteiger partial charge in [-0.3, -0.25) is 10.1 Å². The molecule has 116 valence electrons. The predicted octanol–water partition coefficient (Wildman–Crippen LogP) is 2.85. The number of amides is 2. The maximum atomic E-state index is 11.8. The van der Waals surface area contributed by atoms with Crippen LogP contribution in [0.1, 0.15) is 38.3 Å². The Balaban J connectivity index is 1.90. The maximum absolute atomic E-state index is 11.8. The smallest absolute Gasteiger partial charge is 0.321 e. The normalized spacial score (nSPS) is 25.3. The summed E-state index contributed by atoms with van der Waals surface area (Å²) in [4.78, 5) is 27.6. The van der Waals surface area contributed by atoms with Crippen LogP contribution in [-0.4, -0.2) is 28.6 Å². The number of carboxylic acid groups (broad SMARTS) is 1. The fourth-order valence-corrected chi connectivity index (χ4v) is 3.27. The zero-order valence-corrected chi connectivity index (χ0v) is 13.1. The molecule has 0 spiro atoms. The standard InChI is InChI=1S/C14H21N3O3S/c1-9-3-5-14(6-4-9,11(18)19)8-15-12(20)17-13-16-10(2)7-21-13/h7,9H,3-6,8H2,1-2H3,(H,18,19)(H2,15,16,17,20). The summed E-state index contributed by atoms with van der Waals surface area (Å²) in [6.45, 7) is 4.14. The second-order valence-electron chi connectivity index (χ2n) is 5.87. The van der Waals surface area contributed by atoms with Crippen LogP contribution in [0, 0.1) is 18.3 Å². The molecule has 1 aliphatic rings. The summed E-state index contributed by atoms with van der Waals surface area (Å²) in [6.07, 6.45) is 3.00. The molecule has 0 radical (unpaired) electrons. The molecule has 0 aliphatic heterocycles. The Labute approximate surface area is 128 Å². The van der Waals surface area contributed by atoms with Gasteiger partial charge < -0.3 is 10.4 Å². The highest BCUT2D eigenvalue weighted by atomic mass is 32.1. The molecule has 0 unspecified atom stereocenters. The Morgan fingerprint density at radius 3 is 2.67 bits per heavy atom. The van der Waals surface area contributed by atoms with Crippen LogP contribution in [-0.2, 0) is 4.79 Å². The van der Waals surface area contributed by atoms with E-state index in [0.717, 1.165) is 18.5 Å². The molecule has 3 N–H and O–H groups in total. The van der Waals surface area contributed by atoms with E-state index in [1.807, 2.05) is 12.3 Å². The number of aryl methyl sites for hydroxylation is 1. The van der Waals surface area contributed by atoms with Crippen LogP contribution >= 0.6 is 11.3 Å². The summed E-state index contributed by atoms with van der Waals surface area (Å²) in [5.74, 6) is -0.260. The predicted molar refractivity (Wildman–Crippen MR) is 81.6 cm³/mol. The molecule has 1 aliphatic carbocycles. The van der Waals surface area contributed by atoms with Gasteiger partial charge in [-0.05, 0) is 38.5 Å². The van der Waals surface area contributed by atoms with E-state index in [-0.39, 0.29) is 6.54 Å². The Hall–Kier alpha value is -1.63. The number of aliphatic carboxylic acids is 1. The van der Waals surface area contributed by atoms with Crippen molar-refractivity contribution in [3.8, 4) is 0 Å². The van der Waals surface area contributed by atoms with E-state index in [1.165, 1.54) is 11.3 Å². The topological polar surface area (TPSA) is 91.3 Å². The Morgan fingerprint density at radius 2 is 2.14 bits per heavy atom. The number of rotatable bonds is 4. The van der Waals surface area contributed by atoms with Crippen LogP contribution in [0.4, 0.5) is 9.93 Å².